The molecule has 2 rings (SSSR count). The molecule has 0 amide bonds. The molecule has 0 fully saturated rings. The van der Waals surface area contributed by atoms with Crippen LogP contribution in [0, 0.1) is 0 Å². The Bertz CT molecular complexity index is 615. The minimum atomic E-state index is 0.902. The minimum Gasteiger partial charge on any atom is -0.314 e. The third-order valence-electron chi connectivity index (χ3n) is 4.52. The van der Waals surface area contributed by atoms with E-state index in [4.69, 9.17) is 0 Å². The Morgan fingerprint density at radius 3 is 1.14 bits per heavy atom. The van der Waals surface area contributed by atoms with Gasteiger partial charge in [-0.3, -0.25) is 0 Å². The molecule has 4 nitrogen and oxygen atoms in total. The van der Waals surface area contributed by atoms with Crippen molar-refractivity contribution in [2.75, 3.05) is 39.3 Å². The molecule has 0 aliphatic rings. The maximum Gasteiger partial charge on any atom is 0.0206 e. The zero-order chi connectivity index (χ0) is 19.9. The number of hydrogen-bond acceptors (Lipinski definition) is 4. The van der Waals surface area contributed by atoms with Crippen LogP contribution in [-0.2, 0) is 13.1 Å². The number of nitrogens with one attached hydrogen (secondary N) is 4. The smallest absolute Gasteiger partial charge is 0.0206 e. The van der Waals surface area contributed by atoms with Crippen LogP contribution in [0.25, 0.3) is 12.2 Å². The zero-order valence-electron chi connectivity index (χ0n) is 16.8. The normalized spacial score (nSPS) is 10.7. The highest BCUT2D eigenvalue weighted by molar-refractivity contribution is 5.47. The topological polar surface area (TPSA) is 48.1 Å². The third-order valence-corrected chi connectivity index (χ3v) is 4.52. The summed E-state index contributed by atoms with van der Waals surface area (Å²) >= 11 is 0. The number of benzene rings is 2. The molecule has 0 radical (unpaired) electrons. The van der Waals surface area contributed by atoms with E-state index in [0.29, 0.717) is 0 Å². The molecule has 0 saturated carbocycles. The molecular weight excluding hydrogens is 344 g/mol. The fourth-order valence-corrected chi connectivity index (χ4v) is 2.79. The molecule has 28 heavy (non-hydrogen) atoms. The zero-order valence-corrected chi connectivity index (χ0v) is 16.8. The Morgan fingerprint density at radius 2 is 0.821 bits per heavy atom. The van der Waals surface area contributed by atoms with Gasteiger partial charge in [-0.15, -0.1) is 0 Å². The van der Waals surface area contributed by atoms with Crippen molar-refractivity contribution in [3.05, 3.63) is 83.9 Å². The van der Waals surface area contributed by atoms with Crippen LogP contribution < -0.4 is 21.3 Å². The molecular formula is C24H34N4. The number of rotatable bonds is 15. The molecule has 0 aliphatic heterocycles. The average Bonchev–Trinajstić information content (AvgIpc) is 2.75. The second-order valence-electron chi connectivity index (χ2n) is 6.74. The fraction of sp³-hybridized carbons (Fsp3) is 0.333. The van der Waals surface area contributed by atoms with Gasteiger partial charge in [-0.05, 0) is 22.3 Å². The van der Waals surface area contributed by atoms with Crippen LogP contribution in [0.2, 0.25) is 0 Å². The van der Waals surface area contributed by atoms with Gasteiger partial charge in [0.2, 0.25) is 0 Å². The van der Waals surface area contributed by atoms with E-state index in [-0.39, 0.29) is 0 Å². The second-order valence-corrected chi connectivity index (χ2v) is 6.74. The van der Waals surface area contributed by atoms with Crippen LogP contribution in [0.1, 0.15) is 22.3 Å². The first-order valence-corrected chi connectivity index (χ1v) is 10.1. The van der Waals surface area contributed by atoms with Gasteiger partial charge in [0.05, 0.1) is 0 Å². The van der Waals surface area contributed by atoms with Crippen molar-refractivity contribution < 1.29 is 0 Å². The lowest BCUT2D eigenvalue weighted by molar-refractivity contribution is 0.566. The lowest BCUT2D eigenvalue weighted by Gasteiger charge is -2.09. The van der Waals surface area contributed by atoms with E-state index in [1.54, 1.807) is 0 Å². The van der Waals surface area contributed by atoms with Crippen LogP contribution in [-0.4, -0.2) is 39.3 Å². The van der Waals surface area contributed by atoms with Gasteiger partial charge in [0.25, 0.3) is 0 Å². The van der Waals surface area contributed by atoms with Crippen molar-refractivity contribution in [2.45, 2.75) is 13.1 Å². The maximum absolute atomic E-state index is 3.77. The third kappa shape index (κ3) is 9.11. The molecule has 4 heteroatoms. The Kier molecular flexibility index (Phi) is 10.9. The predicted molar refractivity (Wildman–Crippen MR) is 122 cm³/mol. The van der Waals surface area contributed by atoms with E-state index in [2.05, 4.69) is 83.0 Å². The summed E-state index contributed by atoms with van der Waals surface area (Å²) in [6.07, 6.45) is 3.74. The van der Waals surface area contributed by atoms with Crippen molar-refractivity contribution in [1.29, 1.82) is 0 Å². The Balaban J connectivity index is 1.37. The summed E-state index contributed by atoms with van der Waals surface area (Å²) < 4.78 is 0. The van der Waals surface area contributed by atoms with Crippen molar-refractivity contribution >= 4 is 12.2 Å². The highest BCUT2D eigenvalue weighted by atomic mass is 15.0. The van der Waals surface area contributed by atoms with Crippen LogP contribution in [0.3, 0.4) is 0 Å². The molecule has 2 aromatic carbocycles. The Hall–Kier alpha value is -2.24. The van der Waals surface area contributed by atoms with Crippen molar-refractivity contribution in [1.82, 2.24) is 21.3 Å². The Morgan fingerprint density at radius 1 is 0.500 bits per heavy atom. The van der Waals surface area contributed by atoms with Gasteiger partial charge in [0, 0.05) is 52.4 Å². The van der Waals surface area contributed by atoms with Crippen molar-refractivity contribution in [3.63, 3.8) is 0 Å². The summed E-state index contributed by atoms with van der Waals surface area (Å²) in [5, 5.41) is 13.8. The van der Waals surface area contributed by atoms with E-state index in [0.717, 1.165) is 63.5 Å². The van der Waals surface area contributed by atoms with Crippen molar-refractivity contribution in [3.8, 4) is 0 Å². The average molecular weight is 379 g/mol. The summed E-state index contributed by atoms with van der Waals surface area (Å²) in [6.45, 7) is 15.2. The molecule has 0 spiro atoms. The molecule has 0 atom stereocenters. The van der Waals surface area contributed by atoms with E-state index in [1.165, 1.54) is 11.1 Å². The maximum atomic E-state index is 3.77. The highest BCUT2D eigenvalue weighted by Gasteiger charge is 1.94. The van der Waals surface area contributed by atoms with E-state index < -0.39 is 0 Å². The molecule has 2 aromatic rings. The van der Waals surface area contributed by atoms with Gasteiger partial charge in [-0.25, -0.2) is 0 Å². The molecule has 4 N–H and O–H groups in total. The minimum absolute atomic E-state index is 0.902. The Labute approximate surface area is 170 Å². The SMILES string of the molecule is C=Cc1ccc(CNCCNCCNCCNCc2ccc(C=C)cc2)cc1. The van der Waals surface area contributed by atoms with E-state index in [1.807, 2.05) is 12.2 Å². The summed E-state index contributed by atoms with van der Waals surface area (Å²) in [4.78, 5) is 0. The molecule has 150 valence electrons. The lowest BCUT2D eigenvalue weighted by atomic mass is 10.1. The molecule has 0 unspecified atom stereocenters. The molecule has 0 bridgehead atoms. The quantitative estimate of drug-likeness (QED) is 0.360. The first-order chi connectivity index (χ1) is 13.8. The first kappa shape index (κ1) is 22.1. The molecule has 0 heterocycles. The van der Waals surface area contributed by atoms with Crippen LogP contribution >= 0.6 is 0 Å². The van der Waals surface area contributed by atoms with E-state index in [9.17, 15) is 0 Å². The lowest BCUT2D eigenvalue weighted by Crippen LogP contribution is -2.35. The predicted octanol–water partition coefficient (Wildman–Crippen LogP) is 3.03. The fourth-order valence-electron chi connectivity index (χ4n) is 2.79. The monoisotopic (exact) mass is 378 g/mol. The van der Waals surface area contributed by atoms with E-state index >= 15 is 0 Å². The first-order valence-electron chi connectivity index (χ1n) is 10.1. The summed E-state index contributed by atoms with van der Waals surface area (Å²) in [5.74, 6) is 0. The van der Waals surface area contributed by atoms with Gasteiger partial charge in [0.1, 0.15) is 0 Å². The highest BCUT2D eigenvalue weighted by Crippen LogP contribution is 2.05. The largest absolute Gasteiger partial charge is 0.314 e. The summed E-state index contributed by atoms with van der Waals surface area (Å²) in [6, 6.07) is 17.0. The summed E-state index contributed by atoms with van der Waals surface area (Å²) in [7, 11) is 0. The van der Waals surface area contributed by atoms with Gasteiger partial charge >= 0.3 is 0 Å². The van der Waals surface area contributed by atoms with Gasteiger partial charge < -0.3 is 21.3 Å². The standard InChI is InChI=1S/C24H34N4/c1-3-21-5-9-23(10-6-21)19-27-17-15-25-13-14-26-16-18-28-20-24-11-7-22(4-2)8-12-24/h3-12,25-28H,1-2,13-20H2. The van der Waals surface area contributed by atoms with Crippen LogP contribution in [0.15, 0.2) is 61.7 Å². The van der Waals surface area contributed by atoms with Gasteiger partial charge in [-0.2, -0.15) is 0 Å². The molecule has 0 saturated heterocycles. The second kappa shape index (κ2) is 13.9. The molecule has 0 aromatic heterocycles. The van der Waals surface area contributed by atoms with Gasteiger partial charge in [-0.1, -0.05) is 73.8 Å². The molecule has 0 aliphatic carbocycles. The van der Waals surface area contributed by atoms with Crippen LogP contribution in [0.4, 0.5) is 0 Å². The number of hydrogen-bond donors (Lipinski definition) is 4. The van der Waals surface area contributed by atoms with Crippen molar-refractivity contribution in [2.24, 2.45) is 0 Å². The van der Waals surface area contributed by atoms with Crippen LogP contribution in [0.5, 0.6) is 0 Å². The van der Waals surface area contributed by atoms with Gasteiger partial charge in [0.15, 0.2) is 0 Å². The summed E-state index contributed by atoms with van der Waals surface area (Å²) in [5.41, 5.74) is 4.93.